The SMILES string of the molecule is CN=C(N=C(C)CNC(=O)C(NC(=O)c1nn(Cc2ccc(F)cc2)c2ccccc12)C(C)(C)C)c1ccccn1. The topological polar surface area (TPSA) is 114 Å². The van der Waals surface area contributed by atoms with E-state index in [1.54, 1.807) is 37.0 Å². The maximum atomic E-state index is 13.5. The molecule has 0 bridgehead atoms. The van der Waals surface area contributed by atoms with Gasteiger partial charge in [-0.1, -0.05) is 57.2 Å². The Labute approximate surface area is 238 Å². The summed E-state index contributed by atoms with van der Waals surface area (Å²) in [6.45, 7) is 7.96. The van der Waals surface area contributed by atoms with Crippen LogP contribution in [-0.2, 0) is 11.3 Å². The van der Waals surface area contributed by atoms with Crippen LogP contribution in [0.3, 0.4) is 0 Å². The summed E-state index contributed by atoms with van der Waals surface area (Å²) in [4.78, 5) is 39.9. The van der Waals surface area contributed by atoms with Crippen molar-refractivity contribution in [2.24, 2.45) is 15.4 Å². The van der Waals surface area contributed by atoms with Crippen LogP contribution >= 0.6 is 0 Å². The van der Waals surface area contributed by atoms with Crippen molar-refractivity contribution in [3.8, 4) is 0 Å². The largest absolute Gasteiger partial charge is 0.349 e. The summed E-state index contributed by atoms with van der Waals surface area (Å²) in [5.41, 5.74) is 2.48. The summed E-state index contributed by atoms with van der Waals surface area (Å²) in [6.07, 6.45) is 1.67. The Morgan fingerprint density at radius 3 is 2.39 bits per heavy atom. The summed E-state index contributed by atoms with van der Waals surface area (Å²) < 4.78 is 15.1. The molecule has 2 amide bonds. The fourth-order valence-corrected chi connectivity index (χ4v) is 4.31. The zero-order valence-corrected chi connectivity index (χ0v) is 23.9. The lowest BCUT2D eigenvalue weighted by molar-refractivity contribution is -0.125. The molecule has 2 heterocycles. The van der Waals surface area contributed by atoms with E-state index in [0.29, 0.717) is 29.2 Å². The van der Waals surface area contributed by atoms with Crippen LogP contribution in [0.15, 0.2) is 82.9 Å². The third-order valence-electron chi connectivity index (χ3n) is 6.44. The number of hydrogen-bond acceptors (Lipinski definition) is 5. The fourth-order valence-electron chi connectivity index (χ4n) is 4.31. The van der Waals surface area contributed by atoms with E-state index in [1.807, 2.05) is 63.2 Å². The Hall–Kier alpha value is -4.73. The second kappa shape index (κ2) is 12.6. The first kappa shape index (κ1) is 29.3. The Morgan fingerprint density at radius 1 is 1.02 bits per heavy atom. The summed E-state index contributed by atoms with van der Waals surface area (Å²) in [6, 6.07) is 18.2. The number of fused-ring (bicyclic) bond motifs is 1. The summed E-state index contributed by atoms with van der Waals surface area (Å²) in [5.74, 6) is -0.668. The molecule has 0 aliphatic heterocycles. The average Bonchev–Trinajstić information content (AvgIpc) is 3.32. The van der Waals surface area contributed by atoms with Crippen LogP contribution < -0.4 is 10.6 Å². The molecule has 0 saturated heterocycles. The number of carbonyl (C=O) groups excluding carboxylic acids is 2. The van der Waals surface area contributed by atoms with Gasteiger partial charge in [-0.25, -0.2) is 9.38 Å². The quantitative estimate of drug-likeness (QED) is 0.248. The van der Waals surface area contributed by atoms with E-state index in [4.69, 9.17) is 0 Å². The van der Waals surface area contributed by atoms with E-state index >= 15 is 0 Å². The van der Waals surface area contributed by atoms with Crippen LogP contribution in [0.5, 0.6) is 0 Å². The van der Waals surface area contributed by atoms with Gasteiger partial charge >= 0.3 is 0 Å². The number of para-hydroxylation sites is 1. The van der Waals surface area contributed by atoms with Crippen molar-refractivity contribution >= 4 is 34.3 Å². The minimum Gasteiger partial charge on any atom is -0.349 e. The van der Waals surface area contributed by atoms with E-state index in [0.717, 1.165) is 11.1 Å². The van der Waals surface area contributed by atoms with Crippen LogP contribution in [0.2, 0.25) is 0 Å². The van der Waals surface area contributed by atoms with Gasteiger partial charge in [-0.3, -0.25) is 24.2 Å². The molecular weight excluding hydrogens is 521 g/mol. The normalized spacial score (nSPS) is 13.2. The first-order valence-electron chi connectivity index (χ1n) is 13.3. The van der Waals surface area contributed by atoms with Crippen molar-refractivity contribution < 1.29 is 14.0 Å². The molecule has 4 rings (SSSR count). The van der Waals surface area contributed by atoms with E-state index in [9.17, 15) is 14.0 Å². The van der Waals surface area contributed by atoms with Gasteiger partial charge < -0.3 is 10.6 Å². The molecule has 4 aromatic rings. The number of aliphatic imine (C=N–C) groups is 2. The third-order valence-corrected chi connectivity index (χ3v) is 6.44. The van der Waals surface area contributed by atoms with Crippen molar-refractivity contribution in [1.29, 1.82) is 0 Å². The molecule has 10 heteroatoms. The molecule has 9 nitrogen and oxygen atoms in total. The molecule has 41 heavy (non-hydrogen) atoms. The number of amides is 2. The van der Waals surface area contributed by atoms with Crippen molar-refractivity contribution in [3.05, 3.63) is 95.7 Å². The predicted molar refractivity (Wildman–Crippen MR) is 159 cm³/mol. The molecule has 1 atom stereocenters. The van der Waals surface area contributed by atoms with E-state index in [1.165, 1.54) is 12.1 Å². The lowest BCUT2D eigenvalue weighted by Gasteiger charge is -2.30. The zero-order valence-electron chi connectivity index (χ0n) is 23.9. The van der Waals surface area contributed by atoms with Gasteiger partial charge in [0.05, 0.1) is 18.6 Å². The van der Waals surface area contributed by atoms with Crippen LogP contribution in [0.1, 0.15) is 49.4 Å². The van der Waals surface area contributed by atoms with E-state index < -0.39 is 17.4 Å². The fraction of sp³-hybridized carbons (Fsp3) is 0.290. The molecule has 0 aliphatic carbocycles. The molecule has 0 fully saturated rings. The summed E-state index contributed by atoms with van der Waals surface area (Å²) >= 11 is 0. The van der Waals surface area contributed by atoms with Crippen LogP contribution in [-0.4, -0.2) is 57.8 Å². The van der Waals surface area contributed by atoms with Crippen molar-refractivity contribution in [2.45, 2.75) is 40.3 Å². The van der Waals surface area contributed by atoms with Crippen LogP contribution in [0.25, 0.3) is 10.9 Å². The maximum Gasteiger partial charge on any atom is 0.273 e. The lowest BCUT2D eigenvalue weighted by Crippen LogP contribution is -2.54. The van der Waals surface area contributed by atoms with Gasteiger partial charge in [0.1, 0.15) is 17.6 Å². The van der Waals surface area contributed by atoms with E-state index in [-0.39, 0.29) is 24.0 Å². The Balaban J connectivity index is 1.51. The van der Waals surface area contributed by atoms with Crippen molar-refractivity contribution in [2.75, 3.05) is 13.6 Å². The number of amidine groups is 1. The highest BCUT2D eigenvalue weighted by atomic mass is 19.1. The average molecular weight is 556 g/mol. The lowest BCUT2D eigenvalue weighted by atomic mass is 9.86. The van der Waals surface area contributed by atoms with Gasteiger partial charge in [0.25, 0.3) is 5.91 Å². The Bertz CT molecular complexity index is 1590. The molecular formula is C31H34FN7O2. The number of benzene rings is 2. The van der Waals surface area contributed by atoms with Crippen molar-refractivity contribution in [3.63, 3.8) is 0 Å². The molecule has 2 N–H and O–H groups in total. The molecule has 2 aromatic heterocycles. The molecule has 212 valence electrons. The maximum absolute atomic E-state index is 13.5. The number of rotatable bonds is 8. The first-order valence-corrected chi connectivity index (χ1v) is 13.3. The minimum atomic E-state index is -0.848. The molecule has 2 aromatic carbocycles. The number of halogens is 1. The molecule has 1 unspecified atom stereocenters. The number of hydrogen-bond donors (Lipinski definition) is 2. The Kier molecular flexibility index (Phi) is 9.01. The van der Waals surface area contributed by atoms with Gasteiger partial charge in [0.15, 0.2) is 11.5 Å². The standard InChI is InChI=1S/C31H34FN7O2/c1-20(36-28(33-5)24-11-8-9-17-34-24)18-35-30(41)27(31(2,3)4)37-29(40)26-23-10-6-7-12-25(23)39(38-26)19-21-13-15-22(32)16-14-21/h6-17,27H,18-19H2,1-5H3,(H,35,41)(H,37,40). The predicted octanol–water partition coefficient (Wildman–Crippen LogP) is 4.42. The van der Waals surface area contributed by atoms with Crippen molar-refractivity contribution in [1.82, 2.24) is 25.4 Å². The number of nitrogens with one attached hydrogen (secondary N) is 2. The molecule has 0 spiro atoms. The number of carbonyl (C=O) groups is 2. The van der Waals surface area contributed by atoms with Gasteiger partial charge in [0.2, 0.25) is 5.91 Å². The highest BCUT2D eigenvalue weighted by molar-refractivity contribution is 6.07. The van der Waals surface area contributed by atoms with Crippen LogP contribution in [0, 0.1) is 11.2 Å². The highest BCUT2D eigenvalue weighted by Crippen LogP contribution is 2.23. The Morgan fingerprint density at radius 2 is 1.73 bits per heavy atom. The third kappa shape index (κ3) is 7.27. The monoisotopic (exact) mass is 555 g/mol. The molecule has 0 radical (unpaired) electrons. The highest BCUT2D eigenvalue weighted by Gasteiger charge is 2.34. The van der Waals surface area contributed by atoms with Gasteiger partial charge in [-0.2, -0.15) is 5.10 Å². The number of aromatic nitrogens is 3. The first-order chi connectivity index (χ1) is 19.6. The van der Waals surface area contributed by atoms with Gasteiger partial charge in [-0.15, -0.1) is 0 Å². The smallest absolute Gasteiger partial charge is 0.273 e. The second-order valence-electron chi connectivity index (χ2n) is 10.7. The zero-order chi connectivity index (χ0) is 29.6. The van der Waals surface area contributed by atoms with Gasteiger partial charge in [-0.05, 0) is 48.2 Å². The minimum absolute atomic E-state index is 0.169. The van der Waals surface area contributed by atoms with Gasteiger partial charge in [0, 0.05) is 24.3 Å². The summed E-state index contributed by atoms with van der Waals surface area (Å²) in [5, 5.41) is 11.0. The molecule has 0 saturated carbocycles. The number of pyridine rings is 1. The second-order valence-corrected chi connectivity index (χ2v) is 10.7. The summed E-state index contributed by atoms with van der Waals surface area (Å²) in [7, 11) is 1.63. The van der Waals surface area contributed by atoms with E-state index in [2.05, 4.69) is 30.7 Å². The van der Waals surface area contributed by atoms with Crippen LogP contribution in [0.4, 0.5) is 4.39 Å². The molecule has 0 aliphatic rings. The number of nitrogens with zero attached hydrogens (tertiary/aromatic N) is 5.